The van der Waals surface area contributed by atoms with Gasteiger partial charge < -0.3 is 14.8 Å². The Morgan fingerprint density at radius 1 is 1.23 bits per heavy atom. The number of nitrogens with zero attached hydrogens (tertiary/aromatic N) is 3. The Morgan fingerprint density at radius 3 is 2.58 bits per heavy atom. The van der Waals surface area contributed by atoms with Crippen LogP contribution in [0.3, 0.4) is 0 Å². The van der Waals surface area contributed by atoms with Crippen LogP contribution in [0.15, 0.2) is 30.3 Å². The van der Waals surface area contributed by atoms with Crippen molar-refractivity contribution in [2.75, 3.05) is 19.3 Å². The van der Waals surface area contributed by atoms with Crippen LogP contribution in [0.2, 0.25) is 0 Å². The second kappa shape index (κ2) is 6.83. The maximum atomic E-state index is 13.1. The van der Waals surface area contributed by atoms with Crippen LogP contribution in [0, 0.1) is 20.8 Å². The van der Waals surface area contributed by atoms with E-state index < -0.39 is 19.9 Å². The van der Waals surface area contributed by atoms with Crippen LogP contribution in [0.5, 0.6) is 0 Å². The molecule has 1 amide bonds. The summed E-state index contributed by atoms with van der Waals surface area (Å²) in [7, 11) is 1.78. The number of aryl methyl sites for hydroxylation is 4. The zero-order valence-electron chi connectivity index (χ0n) is 21.3. The third-order valence-electron chi connectivity index (χ3n) is 4.76. The van der Waals surface area contributed by atoms with E-state index in [0.717, 1.165) is 16.7 Å². The van der Waals surface area contributed by atoms with Gasteiger partial charge in [0.15, 0.2) is 0 Å². The fourth-order valence-corrected chi connectivity index (χ4v) is 3.10. The van der Waals surface area contributed by atoms with Crippen molar-refractivity contribution in [3.63, 3.8) is 0 Å². The Labute approximate surface area is 163 Å². The molecule has 0 saturated carbocycles. The molecule has 26 heavy (non-hydrogen) atoms. The van der Waals surface area contributed by atoms with Gasteiger partial charge in [0.2, 0.25) is 0 Å². The fourth-order valence-electron chi connectivity index (χ4n) is 3.10. The van der Waals surface area contributed by atoms with E-state index >= 15 is 0 Å². The number of hydrogen-bond acceptors (Lipinski definition) is 3. The van der Waals surface area contributed by atoms with E-state index in [1.807, 2.05) is 39.0 Å². The van der Waals surface area contributed by atoms with Crippen molar-refractivity contribution in [2.24, 2.45) is 7.05 Å². The number of carbonyl (C=O) groups excluding carboxylic acids is 1. The minimum absolute atomic E-state index is 0.0281. The van der Waals surface area contributed by atoms with Crippen LogP contribution in [0.4, 0.5) is 5.69 Å². The number of benzene rings is 2. The highest BCUT2D eigenvalue weighted by Crippen LogP contribution is 2.27. The summed E-state index contributed by atoms with van der Waals surface area (Å²) in [5, 5.41) is 3.31. The monoisotopic (exact) mass is 356 g/mol. The lowest BCUT2D eigenvalue weighted by atomic mass is 10.0. The van der Waals surface area contributed by atoms with Crippen LogP contribution in [0.1, 0.15) is 41.1 Å². The normalized spacial score (nSPS) is 15.4. The second-order valence-electron chi connectivity index (χ2n) is 6.47. The van der Waals surface area contributed by atoms with Gasteiger partial charge in [-0.15, -0.1) is 0 Å². The number of imidazole rings is 1. The van der Waals surface area contributed by atoms with Crippen molar-refractivity contribution in [2.45, 2.75) is 27.3 Å². The molecule has 5 heteroatoms. The van der Waals surface area contributed by atoms with E-state index in [-0.39, 0.29) is 10.5 Å². The van der Waals surface area contributed by atoms with Gasteiger partial charge >= 0.3 is 0 Å². The van der Waals surface area contributed by atoms with Crippen LogP contribution in [0.25, 0.3) is 11.0 Å². The lowest BCUT2D eigenvalue weighted by molar-refractivity contribution is 0.0828. The van der Waals surface area contributed by atoms with Gasteiger partial charge in [-0.3, -0.25) is 4.79 Å². The number of anilines is 1. The van der Waals surface area contributed by atoms with E-state index in [4.69, 9.17) is 8.22 Å². The van der Waals surface area contributed by atoms with E-state index in [0.29, 0.717) is 29.1 Å². The van der Waals surface area contributed by atoms with Crippen molar-refractivity contribution in [1.82, 2.24) is 14.5 Å². The molecule has 5 nitrogen and oxygen atoms in total. The highest BCUT2D eigenvalue weighted by atomic mass is 16.2. The van der Waals surface area contributed by atoms with Crippen LogP contribution in [-0.4, -0.2) is 34.3 Å². The van der Waals surface area contributed by atoms with Crippen molar-refractivity contribution in [1.29, 1.82) is 0 Å². The standard InChI is InChI=1S/C21H26N4O/c1-13-8-7-9-14(2)17(13)12-22-18-10-16(21(26)24(4)5)11-19-20(18)23-15(3)25(19)6/h7-11,22H,12H2,1-6H3/i4D3,5D3. The van der Waals surface area contributed by atoms with Gasteiger partial charge in [-0.1, -0.05) is 18.2 Å². The summed E-state index contributed by atoms with van der Waals surface area (Å²) in [6.07, 6.45) is 0. The predicted octanol–water partition coefficient (Wildman–Crippen LogP) is 3.81. The van der Waals surface area contributed by atoms with Crippen molar-refractivity contribution in [3.8, 4) is 0 Å². The van der Waals surface area contributed by atoms with E-state index in [2.05, 4.69) is 10.3 Å². The van der Waals surface area contributed by atoms with E-state index in [1.165, 1.54) is 12.1 Å². The van der Waals surface area contributed by atoms with Gasteiger partial charge in [-0.05, 0) is 49.6 Å². The lowest BCUT2D eigenvalue weighted by Gasteiger charge is -2.15. The molecule has 1 aromatic heterocycles. The minimum Gasteiger partial charge on any atom is -0.379 e. The number of aromatic nitrogens is 2. The molecule has 0 saturated heterocycles. The molecule has 1 N–H and O–H groups in total. The molecule has 0 spiro atoms. The molecule has 0 bridgehead atoms. The SMILES string of the molecule is [2H]C([2H])([2H])N(C(=O)c1cc(NCc2c(C)cccc2C)c2nc(C)n(C)c2c1)C([2H])([2H])[2H]. The number of nitrogens with one attached hydrogen (secondary N) is 1. The summed E-state index contributed by atoms with van der Waals surface area (Å²) >= 11 is 0. The molecular formula is C21H26N4O. The predicted molar refractivity (Wildman–Crippen MR) is 107 cm³/mol. The zero-order chi connectivity index (χ0) is 24.0. The zero-order valence-corrected chi connectivity index (χ0v) is 15.3. The molecule has 0 atom stereocenters. The molecule has 1 heterocycles. The summed E-state index contributed by atoms with van der Waals surface area (Å²) < 4.78 is 47.2. The summed E-state index contributed by atoms with van der Waals surface area (Å²) in [6, 6.07) is 8.94. The first-order chi connectivity index (χ1) is 14.7. The first-order valence-corrected chi connectivity index (χ1v) is 8.32. The van der Waals surface area contributed by atoms with Crippen LogP contribution in [-0.2, 0) is 13.6 Å². The molecule has 0 unspecified atom stereocenters. The largest absolute Gasteiger partial charge is 0.379 e. The summed E-state index contributed by atoms with van der Waals surface area (Å²) in [5.74, 6) is -0.399. The topological polar surface area (TPSA) is 50.2 Å². The molecular weight excluding hydrogens is 324 g/mol. The lowest BCUT2D eigenvalue weighted by Crippen LogP contribution is -2.21. The first kappa shape index (κ1) is 11.7. The number of fused-ring (bicyclic) bond motifs is 1. The Morgan fingerprint density at radius 2 is 1.92 bits per heavy atom. The molecule has 3 rings (SSSR count). The van der Waals surface area contributed by atoms with E-state index in [1.54, 1.807) is 11.6 Å². The first-order valence-electron chi connectivity index (χ1n) is 11.3. The molecule has 0 aliphatic heterocycles. The highest BCUT2D eigenvalue weighted by molar-refractivity contribution is 6.01. The molecule has 2 aromatic carbocycles. The number of rotatable bonds is 4. The molecule has 0 radical (unpaired) electrons. The van der Waals surface area contributed by atoms with Gasteiger partial charge in [0, 0.05) is 41.3 Å². The quantitative estimate of drug-likeness (QED) is 0.773. The third-order valence-corrected chi connectivity index (χ3v) is 4.76. The fraction of sp³-hybridized carbons (Fsp3) is 0.333. The van der Waals surface area contributed by atoms with Crippen LogP contribution >= 0.6 is 0 Å². The maximum Gasteiger partial charge on any atom is 0.253 e. The molecule has 136 valence electrons. The van der Waals surface area contributed by atoms with Gasteiger partial charge in [0.05, 0.1) is 11.2 Å². The number of carbonyl (C=O) groups is 1. The van der Waals surface area contributed by atoms with Gasteiger partial charge in [0.25, 0.3) is 5.91 Å². The molecule has 0 aliphatic rings. The van der Waals surface area contributed by atoms with Crippen molar-refractivity contribution >= 4 is 22.6 Å². The van der Waals surface area contributed by atoms with Gasteiger partial charge in [-0.25, -0.2) is 4.98 Å². The smallest absolute Gasteiger partial charge is 0.253 e. The Hall–Kier alpha value is -2.82. The summed E-state index contributed by atoms with van der Waals surface area (Å²) in [4.78, 5) is 17.6. The van der Waals surface area contributed by atoms with Crippen LogP contribution < -0.4 is 5.32 Å². The Balaban J connectivity index is 2.11. The average molecular weight is 357 g/mol. The van der Waals surface area contributed by atoms with Crippen molar-refractivity contribution in [3.05, 3.63) is 58.4 Å². The highest BCUT2D eigenvalue weighted by Gasteiger charge is 2.16. The van der Waals surface area contributed by atoms with E-state index in [9.17, 15) is 4.79 Å². The average Bonchev–Trinajstić information content (AvgIpc) is 2.93. The Bertz CT molecular complexity index is 1150. The molecule has 0 aliphatic carbocycles. The second-order valence-corrected chi connectivity index (χ2v) is 6.47. The Kier molecular flexibility index (Phi) is 3.08. The summed E-state index contributed by atoms with van der Waals surface area (Å²) in [6.45, 7) is 0.0537. The third kappa shape index (κ3) is 3.17. The number of hydrogen-bond donors (Lipinski definition) is 1. The molecule has 3 aromatic rings. The number of amides is 1. The van der Waals surface area contributed by atoms with Gasteiger partial charge in [0.1, 0.15) is 11.3 Å². The van der Waals surface area contributed by atoms with Crippen molar-refractivity contribution < 1.29 is 13.0 Å². The van der Waals surface area contributed by atoms with Gasteiger partial charge in [-0.2, -0.15) is 0 Å². The molecule has 0 fully saturated rings. The summed E-state index contributed by atoms with van der Waals surface area (Å²) in [5.41, 5.74) is 4.99. The minimum atomic E-state index is -3.12. The maximum absolute atomic E-state index is 13.1.